The maximum Gasteiger partial charge on any atom is 0.573 e. The largest absolute Gasteiger partial charge is 0.573 e. The lowest BCUT2D eigenvalue weighted by Crippen LogP contribution is -2.20. The van der Waals surface area contributed by atoms with Gasteiger partial charge < -0.3 is 9.84 Å². The van der Waals surface area contributed by atoms with Crippen LogP contribution in [0.3, 0.4) is 0 Å². The molecule has 1 aromatic heterocycles. The molecule has 4 nitrogen and oxygen atoms in total. The van der Waals surface area contributed by atoms with Crippen molar-refractivity contribution in [2.45, 2.75) is 18.7 Å². The standard InChI is InChI=1S/C9H6ClF3INO3/c10-3-5-8(18-9(11,12)13)4(2-7(16)17)1-6(14)15-5/h1H,2-3H2,(H,16,17). The van der Waals surface area contributed by atoms with Crippen molar-refractivity contribution in [2.24, 2.45) is 0 Å². The molecule has 0 bridgehead atoms. The van der Waals surface area contributed by atoms with E-state index in [9.17, 15) is 18.0 Å². The lowest BCUT2D eigenvalue weighted by Gasteiger charge is -2.15. The van der Waals surface area contributed by atoms with Crippen LogP contribution in [0.15, 0.2) is 6.07 Å². The van der Waals surface area contributed by atoms with Crippen molar-refractivity contribution in [1.82, 2.24) is 4.98 Å². The van der Waals surface area contributed by atoms with Crippen LogP contribution in [0.5, 0.6) is 5.75 Å². The van der Waals surface area contributed by atoms with Gasteiger partial charge in [0.15, 0.2) is 5.75 Å². The number of hydrogen-bond acceptors (Lipinski definition) is 3. The molecule has 100 valence electrons. The molecule has 0 aromatic carbocycles. The van der Waals surface area contributed by atoms with Gasteiger partial charge in [0.05, 0.1) is 18.0 Å². The topological polar surface area (TPSA) is 59.4 Å². The van der Waals surface area contributed by atoms with Gasteiger partial charge in [0, 0.05) is 5.56 Å². The van der Waals surface area contributed by atoms with Crippen molar-refractivity contribution in [2.75, 3.05) is 0 Å². The Morgan fingerprint density at radius 3 is 2.61 bits per heavy atom. The molecule has 0 radical (unpaired) electrons. The normalized spacial score (nSPS) is 11.4. The minimum atomic E-state index is -4.93. The summed E-state index contributed by atoms with van der Waals surface area (Å²) in [5, 5.41) is 8.65. The van der Waals surface area contributed by atoms with Crippen LogP contribution in [-0.2, 0) is 17.1 Å². The molecule has 1 heterocycles. The van der Waals surface area contributed by atoms with E-state index < -0.39 is 24.5 Å². The fourth-order valence-corrected chi connectivity index (χ4v) is 2.08. The predicted molar refractivity (Wildman–Crippen MR) is 64.5 cm³/mol. The summed E-state index contributed by atoms with van der Waals surface area (Å²) < 4.78 is 40.8. The number of nitrogens with zero attached hydrogens (tertiary/aromatic N) is 1. The summed E-state index contributed by atoms with van der Waals surface area (Å²) in [7, 11) is 0. The van der Waals surface area contributed by atoms with Crippen LogP contribution in [0.1, 0.15) is 11.3 Å². The van der Waals surface area contributed by atoms with Gasteiger partial charge in [-0.25, -0.2) is 4.98 Å². The highest BCUT2D eigenvalue weighted by atomic mass is 127. The van der Waals surface area contributed by atoms with E-state index in [1.165, 1.54) is 6.07 Å². The van der Waals surface area contributed by atoms with Gasteiger partial charge in [-0.1, -0.05) is 0 Å². The molecule has 0 unspecified atom stereocenters. The quantitative estimate of drug-likeness (QED) is 0.484. The number of pyridine rings is 1. The highest BCUT2D eigenvalue weighted by Gasteiger charge is 2.34. The summed E-state index contributed by atoms with van der Waals surface area (Å²) in [4.78, 5) is 14.4. The van der Waals surface area contributed by atoms with Gasteiger partial charge in [-0.15, -0.1) is 24.8 Å². The van der Waals surface area contributed by atoms with Gasteiger partial charge in [0.2, 0.25) is 0 Å². The van der Waals surface area contributed by atoms with Crippen molar-refractivity contribution >= 4 is 40.2 Å². The highest BCUT2D eigenvalue weighted by Crippen LogP contribution is 2.31. The van der Waals surface area contributed by atoms with Crippen LogP contribution >= 0.6 is 34.2 Å². The number of rotatable bonds is 4. The maximum atomic E-state index is 12.2. The second kappa shape index (κ2) is 5.91. The van der Waals surface area contributed by atoms with Gasteiger partial charge >= 0.3 is 12.3 Å². The summed E-state index contributed by atoms with van der Waals surface area (Å²) in [5.41, 5.74) is -0.257. The lowest BCUT2D eigenvalue weighted by atomic mass is 10.1. The average Bonchev–Trinajstić information content (AvgIpc) is 2.19. The number of alkyl halides is 4. The van der Waals surface area contributed by atoms with Gasteiger partial charge in [0.25, 0.3) is 0 Å². The third-order valence-corrected chi connectivity index (χ3v) is 2.58. The molecular formula is C9H6ClF3INO3. The maximum absolute atomic E-state index is 12.2. The Morgan fingerprint density at radius 1 is 1.56 bits per heavy atom. The minimum absolute atomic E-state index is 0.116. The molecule has 18 heavy (non-hydrogen) atoms. The van der Waals surface area contributed by atoms with E-state index in [-0.39, 0.29) is 17.1 Å². The number of carboxylic acid groups (broad SMARTS) is 1. The molecule has 0 aliphatic heterocycles. The molecule has 0 fully saturated rings. The van der Waals surface area contributed by atoms with Crippen molar-refractivity contribution in [3.63, 3.8) is 0 Å². The number of aliphatic carboxylic acids is 1. The van der Waals surface area contributed by atoms with Crippen LogP contribution < -0.4 is 4.74 Å². The minimum Gasteiger partial charge on any atom is -0.481 e. The van der Waals surface area contributed by atoms with Crippen molar-refractivity contribution < 1.29 is 27.8 Å². The van der Waals surface area contributed by atoms with Gasteiger partial charge in [-0.3, -0.25) is 4.79 Å². The van der Waals surface area contributed by atoms with E-state index in [0.717, 1.165) is 0 Å². The molecule has 1 N–H and O–H groups in total. The summed E-state index contributed by atoms with van der Waals surface area (Å²) in [6, 6.07) is 1.21. The van der Waals surface area contributed by atoms with E-state index in [4.69, 9.17) is 16.7 Å². The summed E-state index contributed by atoms with van der Waals surface area (Å²) >= 11 is 7.24. The summed E-state index contributed by atoms with van der Waals surface area (Å²) in [6.45, 7) is 0. The third kappa shape index (κ3) is 4.48. The number of carboxylic acids is 1. The van der Waals surface area contributed by atoms with Crippen LogP contribution in [0.25, 0.3) is 0 Å². The fraction of sp³-hybridized carbons (Fsp3) is 0.333. The van der Waals surface area contributed by atoms with E-state index in [0.29, 0.717) is 3.70 Å². The molecule has 0 saturated carbocycles. The first-order valence-corrected chi connectivity index (χ1v) is 6.06. The van der Waals surface area contributed by atoms with Gasteiger partial charge in [-0.2, -0.15) is 0 Å². The highest BCUT2D eigenvalue weighted by molar-refractivity contribution is 14.1. The molecule has 0 aliphatic rings. The molecule has 0 saturated heterocycles. The van der Waals surface area contributed by atoms with Crippen LogP contribution in [0, 0.1) is 3.70 Å². The lowest BCUT2D eigenvalue weighted by molar-refractivity contribution is -0.275. The second-order valence-corrected chi connectivity index (χ2v) is 4.50. The first kappa shape index (κ1) is 15.3. The van der Waals surface area contributed by atoms with Crippen LogP contribution in [-0.4, -0.2) is 22.4 Å². The van der Waals surface area contributed by atoms with Crippen LogP contribution in [0.2, 0.25) is 0 Å². The summed E-state index contributed by atoms with van der Waals surface area (Å²) in [6.07, 6.45) is -5.53. The van der Waals surface area contributed by atoms with Crippen molar-refractivity contribution in [1.29, 1.82) is 0 Å². The second-order valence-electron chi connectivity index (χ2n) is 3.13. The monoisotopic (exact) mass is 395 g/mol. The molecular weight excluding hydrogens is 389 g/mol. The Hall–Kier alpha value is -0.770. The first-order chi connectivity index (χ1) is 8.23. The van der Waals surface area contributed by atoms with E-state index in [2.05, 4.69) is 9.72 Å². The molecule has 0 amide bonds. The van der Waals surface area contributed by atoms with E-state index >= 15 is 0 Å². The number of halogens is 5. The Morgan fingerprint density at radius 2 is 2.17 bits per heavy atom. The Labute approximate surface area is 118 Å². The van der Waals surface area contributed by atoms with Gasteiger partial charge in [-0.05, 0) is 28.7 Å². The predicted octanol–water partition coefficient (Wildman–Crippen LogP) is 2.95. The zero-order chi connectivity index (χ0) is 13.9. The average molecular weight is 396 g/mol. The number of carbonyl (C=O) groups is 1. The molecule has 0 atom stereocenters. The zero-order valence-electron chi connectivity index (χ0n) is 8.59. The molecule has 1 aromatic rings. The molecule has 1 rings (SSSR count). The molecule has 9 heteroatoms. The SMILES string of the molecule is O=C(O)Cc1cc(I)nc(CCl)c1OC(F)(F)F. The number of hydrogen-bond donors (Lipinski definition) is 1. The van der Waals surface area contributed by atoms with Crippen molar-refractivity contribution in [3.8, 4) is 5.75 Å². The fourth-order valence-electron chi connectivity index (χ4n) is 1.23. The Balaban J connectivity index is 3.28. The zero-order valence-corrected chi connectivity index (χ0v) is 11.5. The molecule has 0 aliphatic carbocycles. The number of aromatic nitrogens is 1. The van der Waals surface area contributed by atoms with Gasteiger partial charge in [0.1, 0.15) is 3.70 Å². The first-order valence-electron chi connectivity index (χ1n) is 4.44. The smallest absolute Gasteiger partial charge is 0.481 e. The third-order valence-electron chi connectivity index (χ3n) is 1.77. The molecule has 0 spiro atoms. The van der Waals surface area contributed by atoms with E-state index in [1.807, 2.05) is 0 Å². The van der Waals surface area contributed by atoms with Crippen molar-refractivity contribution in [3.05, 3.63) is 21.0 Å². The Kier molecular flexibility index (Phi) is 5.02. The van der Waals surface area contributed by atoms with E-state index in [1.54, 1.807) is 22.6 Å². The Bertz CT molecular complexity index is 467. The van der Waals surface area contributed by atoms with Crippen LogP contribution in [0.4, 0.5) is 13.2 Å². The number of ether oxygens (including phenoxy) is 1. The summed E-state index contributed by atoms with van der Waals surface area (Å²) in [5.74, 6) is -2.22.